The molecular formula is C22H20N2O2. The Morgan fingerprint density at radius 3 is 2.69 bits per heavy atom. The number of nitrogens with one attached hydrogen (secondary N) is 2. The number of carbonyl (C=O) groups excluding carboxylic acids is 1. The lowest BCUT2D eigenvalue weighted by atomic mass is 9.67. The lowest BCUT2D eigenvalue weighted by Crippen LogP contribution is -2.33. The van der Waals surface area contributed by atoms with Crippen molar-refractivity contribution in [2.24, 2.45) is 0 Å². The van der Waals surface area contributed by atoms with E-state index in [4.69, 9.17) is 10.1 Å². The zero-order chi connectivity index (χ0) is 17.9. The fraction of sp³-hybridized carbons (Fsp3) is 0.273. The van der Waals surface area contributed by atoms with Gasteiger partial charge in [-0.25, -0.2) is 0 Å². The molecule has 0 atom stereocenters. The van der Waals surface area contributed by atoms with Crippen LogP contribution in [0, 0.1) is 5.41 Å². The number of ether oxygens (including phenoxy) is 1. The molecule has 0 saturated heterocycles. The van der Waals surface area contributed by atoms with E-state index in [0.717, 1.165) is 70.3 Å². The third-order valence-corrected chi connectivity index (χ3v) is 6.14. The Labute approximate surface area is 151 Å². The van der Waals surface area contributed by atoms with Gasteiger partial charge in [-0.2, -0.15) is 0 Å². The molecular weight excluding hydrogens is 324 g/mol. The van der Waals surface area contributed by atoms with E-state index in [9.17, 15) is 4.79 Å². The summed E-state index contributed by atoms with van der Waals surface area (Å²) >= 11 is 0. The monoisotopic (exact) mass is 344 g/mol. The van der Waals surface area contributed by atoms with Gasteiger partial charge in [0, 0.05) is 33.8 Å². The highest BCUT2D eigenvalue weighted by Gasteiger charge is 2.47. The number of aromatic amines is 1. The van der Waals surface area contributed by atoms with Gasteiger partial charge in [-0.3, -0.25) is 4.79 Å². The molecule has 4 nitrogen and oxygen atoms in total. The van der Waals surface area contributed by atoms with Gasteiger partial charge in [-0.05, 0) is 48.2 Å². The molecule has 1 saturated carbocycles. The van der Waals surface area contributed by atoms with Gasteiger partial charge in [-0.1, -0.05) is 25.0 Å². The zero-order valence-electron chi connectivity index (χ0n) is 14.7. The van der Waals surface area contributed by atoms with Crippen molar-refractivity contribution in [2.75, 3.05) is 7.11 Å². The van der Waals surface area contributed by atoms with E-state index in [1.165, 1.54) is 6.21 Å². The van der Waals surface area contributed by atoms with Gasteiger partial charge in [0.2, 0.25) is 0 Å². The van der Waals surface area contributed by atoms with Crippen molar-refractivity contribution in [3.8, 4) is 5.75 Å². The first-order valence-corrected chi connectivity index (χ1v) is 9.08. The van der Waals surface area contributed by atoms with Crippen molar-refractivity contribution >= 4 is 22.9 Å². The van der Waals surface area contributed by atoms with E-state index in [1.807, 2.05) is 30.3 Å². The Hall–Kier alpha value is -2.88. The number of hydrogen-bond acceptors (Lipinski definition) is 3. The van der Waals surface area contributed by atoms with Crippen molar-refractivity contribution in [2.45, 2.75) is 31.1 Å². The van der Waals surface area contributed by atoms with Crippen LogP contribution < -0.4 is 4.74 Å². The predicted octanol–water partition coefficient (Wildman–Crippen LogP) is 4.58. The topological polar surface area (TPSA) is 65.9 Å². The highest BCUT2D eigenvalue weighted by molar-refractivity contribution is 6.20. The Morgan fingerprint density at radius 1 is 1.15 bits per heavy atom. The number of benzene rings is 2. The maximum Gasteiger partial charge on any atom is 0.195 e. The normalized spacial score (nSPS) is 17.3. The zero-order valence-corrected chi connectivity index (χ0v) is 14.7. The Kier molecular flexibility index (Phi) is 3.14. The SMILES string of the molecule is COc1ccc2c(c1)C1(CCCC1)c1[nH]c3cc(C=N)ccc3c1C2=O. The van der Waals surface area contributed by atoms with Crippen LogP contribution in [0.4, 0.5) is 0 Å². The first-order chi connectivity index (χ1) is 12.7. The number of ketones is 1. The summed E-state index contributed by atoms with van der Waals surface area (Å²) in [6.45, 7) is 0. The first-order valence-electron chi connectivity index (χ1n) is 9.08. The Morgan fingerprint density at radius 2 is 1.96 bits per heavy atom. The van der Waals surface area contributed by atoms with E-state index in [1.54, 1.807) is 7.11 Å². The van der Waals surface area contributed by atoms with Gasteiger partial charge in [0.25, 0.3) is 0 Å². The molecule has 2 aliphatic rings. The second kappa shape index (κ2) is 5.31. The van der Waals surface area contributed by atoms with Crippen LogP contribution in [0.2, 0.25) is 0 Å². The summed E-state index contributed by atoms with van der Waals surface area (Å²) in [4.78, 5) is 16.9. The summed E-state index contributed by atoms with van der Waals surface area (Å²) in [6, 6.07) is 11.7. The largest absolute Gasteiger partial charge is 0.497 e. The van der Waals surface area contributed by atoms with Gasteiger partial charge in [-0.15, -0.1) is 0 Å². The quantitative estimate of drug-likeness (QED) is 0.668. The van der Waals surface area contributed by atoms with Gasteiger partial charge < -0.3 is 15.1 Å². The summed E-state index contributed by atoms with van der Waals surface area (Å²) < 4.78 is 5.45. The molecule has 0 bridgehead atoms. The average Bonchev–Trinajstić information content (AvgIpc) is 3.31. The van der Waals surface area contributed by atoms with Crippen molar-refractivity contribution < 1.29 is 9.53 Å². The molecule has 26 heavy (non-hydrogen) atoms. The molecule has 1 spiro atoms. The van der Waals surface area contributed by atoms with Crippen LogP contribution in [0.15, 0.2) is 36.4 Å². The van der Waals surface area contributed by atoms with Crippen molar-refractivity contribution in [1.82, 2.24) is 4.98 Å². The molecule has 0 radical (unpaired) electrons. The van der Waals surface area contributed by atoms with E-state index in [0.29, 0.717) is 0 Å². The average molecular weight is 344 g/mol. The van der Waals surface area contributed by atoms with Crippen LogP contribution in [0.5, 0.6) is 5.75 Å². The van der Waals surface area contributed by atoms with E-state index >= 15 is 0 Å². The molecule has 2 N–H and O–H groups in total. The van der Waals surface area contributed by atoms with Crippen LogP contribution in [-0.2, 0) is 5.41 Å². The van der Waals surface area contributed by atoms with Crippen molar-refractivity contribution in [3.05, 3.63) is 64.3 Å². The number of methoxy groups -OCH3 is 1. The van der Waals surface area contributed by atoms with Crippen LogP contribution in [0.1, 0.15) is 58.4 Å². The maximum absolute atomic E-state index is 13.4. The molecule has 5 rings (SSSR count). The number of hydrogen-bond donors (Lipinski definition) is 2. The van der Waals surface area contributed by atoms with Crippen LogP contribution in [0.25, 0.3) is 10.9 Å². The Balaban J connectivity index is 1.86. The van der Waals surface area contributed by atoms with Gasteiger partial charge in [0.1, 0.15) is 5.75 Å². The second-order valence-electron chi connectivity index (χ2n) is 7.35. The number of aromatic nitrogens is 1. The van der Waals surface area contributed by atoms with Crippen LogP contribution in [-0.4, -0.2) is 24.1 Å². The number of rotatable bonds is 2. The predicted molar refractivity (Wildman–Crippen MR) is 102 cm³/mol. The smallest absolute Gasteiger partial charge is 0.195 e. The molecule has 2 aromatic carbocycles. The summed E-state index contributed by atoms with van der Waals surface area (Å²) in [5.74, 6) is 0.887. The number of carbonyl (C=O) groups is 1. The molecule has 3 aromatic rings. The van der Waals surface area contributed by atoms with E-state index < -0.39 is 0 Å². The van der Waals surface area contributed by atoms with Crippen LogP contribution >= 0.6 is 0 Å². The summed E-state index contributed by atoms with van der Waals surface area (Å²) in [7, 11) is 1.67. The third kappa shape index (κ3) is 1.84. The molecule has 0 amide bonds. The van der Waals surface area contributed by atoms with E-state index in [2.05, 4.69) is 11.1 Å². The van der Waals surface area contributed by atoms with Gasteiger partial charge in [0.15, 0.2) is 5.78 Å². The van der Waals surface area contributed by atoms with Gasteiger partial charge in [0.05, 0.1) is 12.7 Å². The highest BCUT2D eigenvalue weighted by Crippen LogP contribution is 2.53. The molecule has 4 heteroatoms. The van der Waals surface area contributed by atoms with Gasteiger partial charge >= 0.3 is 0 Å². The standard InChI is InChI=1S/C22H20N2O2/c1-26-14-5-7-15-17(11-14)22(8-2-3-9-22)21-19(20(15)25)16-6-4-13(12-23)10-18(16)24-21/h4-7,10-12,23-24H,2-3,8-9H2,1H3. The summed E-state index contributed by atoms with van der Waals surface area (Å²) in [5.41, 5.74) is 5.41. The molecule has 0 aliphatic heterocycles. The number of fused-ring (bicyclic) bond motifs is 6. The molecule has 1 aromatic heterocycles. The number of H-pyrrole nitrogens is 1. The lowest BCUT2D eigenvalue weighted by Gasteiger charge is -2.35. The van der Waals surface area contributed by atoms with Crippen molar-refractivity contribution in [3.63, 3.8) is 0 Å². The third-order valence-electron chi connectivity index (χ3n) is 6.14. The summed E-state index contributed by atoms with van der Waals surface area (Å²) in [5, 5.41) is 8.47. The molecule has 1 heterocycles. The molecule has 130 valence electrons. The molecule has 1 fully saturated rings. The highest BCUT2D eigenvalue weighted by atomic mass is 16.5. The van der Waals surface area contributed by atoms with E-state index in [-0.39, 0.29) is 11.2 Å². The molecule has 0 unspecified atom stereocenters. The second-order valence-corrected chi connectivity index (χ2v) is 7.35. The molecule has 2 aliphatic carbocycles. The Bertz CT molecular complexity index is 1070. The van der Waals surface area contributed by atoms with Crippen molar-refractivity contribution in [1.29, 1.82) is 5.41 Å². The fourth-order valence-electron chi connectivity index (χ4n) is 4.91. The minimum atomic E-state index is -0.142. The minimum Gasteiger partial charge on any atom is -0.497 e. The minimum absolute atomic E-state index is 0.0871. The lowest BCUT2D eigenvalue weighted by molar-refractivity contribution is 0.103. The maximum atomic E-state index is 13.4. The fourth-order valence-corrected chi connectivity index (χ4v) is 4.91. The van der Waals surface area contributed by atoms with Crippen LogP contribution in [0.3, 0.4) is 0 Å². The summed E-state index contributed by atoms with van der Waals surface area (Å²) in [6.07, 6.45) is 5.73. The first kappa shape index (κ1) is 15.4.